The molecule has 2 heterocycles. The topological polar surface area (TPSA) is 66.0 Å². The summed E-state index contributed by atoms with van der Waals surface area (Å²) in [6, 6.07) is 0.958. The molecule has 1 aromatic heterocycles. The second-order valence-corrected chi connectivity index (χ2v) is 6.28. The van der Waals surface area contributed by atoms with E-state index in [-0.39, 0.29) is 35.8 Å². The van der Waals surface area contributed by atoms with Gasteiger partial charge in [-0.25, -0.2) is 4.98 Å². The summed E-state index contributed by atoms with van der Waals surface area (Å²) in [4.78, 5) is 15.6. The molecule has 134 valence electrons. The van der Waals surface area contributed by atoms with Crippen molar-refractivity contribution in [3.8, 4) is 0 Å². The maximum atomic E-state index is 12.5. The molecule has 1 fully saturated rings. The van der Waals surface area contributed by atoms with Gasteiger partial charge in [-0.05, 0) is 31.5 Å². The molecule has 1 aromatic rings. The summed E-state index contributed by atoms with van der Waals surface area (Å²) in [6.07, 6.45) is -2.70. The Hall–Kier alpha value is -1.54. The van der Waals surface area contributed by atoms with Crippen LogP contribution in [0.1, 0.15) is 25.3 Å². The zero-order chi connectivity index (χ0) is 17.7. The predicted molar refractivity (Wildman–Crippen MR) is 85.9 cm³/mol. The summed E-state index contributed by atoms with van der Waals surface area (Å²) in [5.74, 6) is 0.388. The van der Waals surface area contributed by atoms with E-state index in [1.165, 1.54) is 0 Å². The summed E-state index contributed by atoms with van der Waals surface area (Å²) < 4.78 is 37.6. The van der Waals surface area contributed by atoms with Gasteiger partial charge in [0, 0.05) is 25.2 Å². The number of nitrogens with one attached hydrogen (secondary N) is 3. The second kappa shape index (κ2) is 8.02. The SMILES string of the molecule is CC1CNCCC1NC(=O)CCNc1ncc(C(F)(F)F)cc1Cl. The molecule has 2 unspecified atom stereocenters. The molecular weight excluding hydrogens is 345 g/mol. The van der Waals surface area contributed by atoms with Crippen molar-refractivity contribution in [2.45, 2.75) is 32.0 Å². The standard InChI is InChI=1S/C15H20ClF3N4O/c1-9-7-20-4-2-12(9)23-13(24)3-5-21-14-11(16)6-10(8-22-14)15(17,18)19/h6,8-9,12,20H,2-5,7H2,1H3,(H,21,22)(H,23,24). The number of carbonyl (C=O) groups excluding carboxylic acids is 1. The van der Waals surface area contributed by atoms with Crippen LogP contribution in [0.15, 0.2) is 12.3 Å². The van der Waals surface area contributed by atoms with Gasteiger partial charge in [0.1, 0.15) is 5.82 Å². The third kappa shape index (κ3) is 5.24. The van der Waals surface area contributed by atoms with Gasteiger partial charge >= 0.3 is 6.18 Å². The van der Waals surface area contributed by atoms with Gasteiger partial charge in [-0.2, -0.15) is 13.2 Å². The van der Waals surface area contributed by atoms with E-state index >= 15 is 0 Å². The van der Waals surface area contributed by atoms with E-state index in [1.807, 2.05) is 0 Å². The first-order chi connectivity index (χ1) is 11.3. The lowest BCUT2D eigenvalue weighted by atomic mass is 9.95. The molecule has 0 aromatic carbocycles. The maximum Gasteiger partial charge on any atom is 0.417 e. The number of nitrogens with zero attached hydrogens (tertiary/aromatic N) is 1. The fourth-order valence-electron chi connectivity index (χ4n) is 2.52. The van der Waals surface area contributed by atoms with Gasteiger partial charge in [0.15, 0.2) is 0 Å². The maximum absolute atomic E-state index is 12.5. The van der Waals surface area contributed by atoms with Gasteiger partial charge in [0.05, 0.1) is 10.6 Å². The van der Waals surface area contributed by atoms with E-state index in [4.69, 9.17) is 11.6 Å². The first-order valence-corrected chi connectivity index (χ1v) is 8.12. The molecule has 9 heteroatoms. The number of hydrogen-bond acceptors (Lipinski definition) is 4. The molecule has 1 aliphatic rings. The minimum Gasteiger partial charge on any atom is -0.368 e. The van der Waals surface area contributed by atoms with Crippen LogP contribution in [0, 0.1) is 5.92 Å². The molecule has 0 spiro atoms. The van der Waals surface area contributed by atoms with Crippen molar-refractivity contribution >= 4 is 23.3 Å². The highest BCUT2D eigenvalue weighted by Crippen LogP contribution is 2.32. The average Bonchev–Trinajstić information content (AvgIpc) is 2.50. The van der Waals surface area contributed by atoms with Crippen molar-refractivity contribution < 1.29 is 18.0 Å². The molecule has 3 N–H and O–H groups in total. The van der Waals surface area contributed by atoms with Gasteiger partial charge in [-0.3, -0.25) is 4.79 Å². The summed E-state index contributed by atoms with van der Waals surface area (Å²) in [5.41, 5.74) is -0.907. The largest absolute Gasteiger partial charge is 0.417 e. The molecular formula is C15H20ClF3N4O. The number of aromatic nitrogens is 1. The van der Waals surface area contributed by atoms with Crippen LogP contribution >= 0.6 is 11.6 Å². The van der Waals surface area contributed by atoms with Gasteiger partial charge in [-0.1, -0.05) is 18.5 Å². The Balaban J connectivity index is 1.80. The van der Waals surface area contributed by atoms with E-state index < -0.39 is 11.7 Å². The number of hydrogen-bond donors (Lipinski definition) is 3. The van der Waals surface area contributed by atoms with Crippen molar-refractivity contribution in [2.24, 2.45) is 5.92 Å². The summed E-state index contributed by atoms with van der Waals surface area (Å²) in [6.45, 7) is 4.05. The first-order valence-electron chi connectivity index (χ1n) is 7.74. The van der Waals surface area contributed by atoms with E-state index in [0.29, 0.717) is 12.1 Å². The van der Waals surface area contributed by atoms with Crippen molar-refractivity contribution in [2.75, 3.05) is 25.0 Å². The van der Waals surface area contributed by atoms with Crippen molar-refractivity contribution in [1.82, 2.24) is 15.6 Å². The molecule has 1 saturated heterocycles. The minimum atomic E-state index is -4.49. The fourth-order valence-corrected chi connectivity index (χ4v) is 2.76. The van der Waals surface area contributed by atoms with E-state index in [1.54, 1.807) is 0 Å². The Kier molecular flexibility index (Phi) is 6.28. The highest BCUT2D eigenvalue weighted by Gasteiger charge is 2.31. The molecule has 0 saturated carbocycles. The van der Waals surface area contributed by atoms with Gasteiger partial charge in [0.2, 0.25) is 5.91 Å². The molecule has 2 atom stereocenters. The Labute approximate surface area is 143 Å². The van der Waals surface area contributed by atoms with Gasteiger partial charge in [0.25, 0.3) is 0 Å². The van der Waals surface area contributed by atoms with Crippen LogP contribution < -0.4 is 16.0 Å². The van der Waals surface area contributed by atoms with E-state index in [0.717, 1.165) is 25.6 Å². The zero-order valence-corrected chi connectivity index (χ0v) is 14.0. The average molecular weight is 365 g/mol. The number of piperidine rings is 1. The molecule has 0 bridgehead atoms. The highest BCUT2D eigenvalue weighted by molar-refractivity contribution is 6.32. The van der Waals surface area contributed by atoms with Crippen LogP contribution in [0.25, 0.3) is 0 Å². The lowest BCUT2D eigenvalue weighted by Gasteiger charge is -2.30. The normalized spacial score (nSPS) is 21.4. The number of rotatable bonds is 5. The quantitative estimate of drug-likeness (QED) is 0.751. The summed E-state index contributed by atoms with van der Waals surface area (Å²) >= 11 is 5.79. The van der Waals surface area contributed by atoms with Gasteiger partial charge in [-0.15, -0.1) is 0 Å². The molecule has 24 heavy (non-hydrogen) atoms. The van der Waals surface area contributed by atoms with Crippen LogP contribution in [-0.2, 0) is 11.0 Å². The number of alkyl halides is 3. The zero-order valence-electron chi connectivity index (χ0n) is 13.2. The summed E-state index contributed by atoms with van der Waals surface area (Å²) in [7, 11) is 0. The first kappa shape index (κ1) is 18.8. The van der Waals surface area contributed by atoms with Gasteiger partial charge < -0.3 is 16.0 Å². The number of anilines is 1. The minimum absolute atomic E-state index is 0.107. The molecule has 0 aliphatic carbocycles. The number of carbonyl (C=O) groups is 1. The molecule has 0 radical (unpaired) electrons. The molecule has 2 rings (SSSR count). The van der Waals surface area contributed by atoms with Crippen molar-refractivity contribution in [1.29, 1.82) is 0 Å². The molecule has 1 aliphatic heterocycles. The number of pyridine rings is 1. The molecule has 1 amide bonds. The monoisotopic (exact) mass is 364 g/mol. The van der Waals surface area contributed by atoms with Crippen LogP contribution in [-0.4, -0.2) is 36.6 Å². The number of halogens is 4. The number of amides is 1. The third-order valence-corrected chi connectivity index (χ3v) is 4.23. The Morgan fingerprint density at radius 2 is 2.25 bits per heavy atom. The highest BCUT2D eigenvalue weighted by atomic mass is 35.5. The van der Waals surface area contributed by atoms with Crippen LogP contribution in [0.4, 0.5) is 19.0 Å². The van der Waals surface area contributed by atoms with Crippen molar-refractivity contribution in [3.63, 3.8) is 0 Å². The predicted octanol–water partition coefficient (Wildman–Crippen LogP) is 2.67. The Morgan fingerprint density at radius 1 is 1.50 bits per heavy atom. The second-order valence-electron chi connectivity index (χ2n) is 5.87. The van der Waals surface area contributed by atoms with E-state index in [9.17, 15) is 18.0 Å². The van der Waals surface area contributed by atoms with Crippen LogP contribution in [0.2, 0.25) is 5.02 Å². The lowest BCUT2D eigenvalue weighted by Crippen LogP contribution is -2.48. The molecule has 5 nitrogen and oxygen atoms in total. The van der Waals surface area contributed by atoms with E-state index in [2.05, 4.69) is 27.9 Å². The summed E-state index contributed by atoms with van der Waals surface area (Å²) in [5, 5.41) is 8.89. The lowest BCUT2D eigenvalue weighted by molar-refractivity contribution is -0.137. The fraction of sp³-hybridized carbons (Fsp3) is 0.600. The van der Waals surface area contributed by atoms with Crippen LogP contribution in [0.3, 0.4) is 0 Å². The Bertz CT molecular complexity index is 582. The van der Waals surface area contributed by atoms with Crippen molar-refractivity contribution in [3.05, 3.63) is 22.8 Å². The van der Waals surface area contributed by atoms with Crippen LogP contribution in [0.5, 0.6) is 0 Å². The smallest absolute Gasteiger partial charge is 0.368 e. The third-order valence-electron chi connectivity index (χ3n) is 3.94. The Morgan fingerprint density at radius 3 is 2.88 bits per heavy atom.